The second kappa shape index (κ2) is 15.8. The summed E-state index contributed by atoms with van der Waals surface area (Å²) < 4.78 is 46.9. The average Bonchev–Trinajstić information content (AvgIpc) is 3.36. The molecule has 2 aliphatic rings. The van der Waals surface area contributed by atoms with E-state index in [2.05, 4.69) is 25.3 Å². The van der Waals surface area contributed by atoms with E-state index in [1.165, 1.54) is 7.11 Å². The van der Waals surface area contributed by atoms with Crippen LogP contribution in [-0.4, -0.2) is 74.3 Å². The molecule has 0 radical (unpaired) electrons. The zero-order valence-corrected chi connectivity index (χ0v) is 27.9. The Kier molecular flexibility index (Phi) is 11.1. The standard InChI is InChI=1S/C36H41F3N8O3/c1-50-35-42-21-26(22-43-35)25-10-15-31(40-20-25)47(32(49)16-9-24-6-3-2-4-7-24)28-13-11-27(12-14-28)44-34-41-23-30(36(37,38)39)33(45-34)46-18-5-8-29(48)17-19-46/h2-4,6-7,10,15,20-23,27-29,48H,5,8-9,11-14,16-19H2,1H3,(H,41,44,45)/t27-,28-,29?. The first-order valence-electron chi connectivity index (χ1n) is 17.0. The molecule has 1 amide bonds. The minimum Gasteiger partial charge on any atom is -0.467 e. The van der Waals surface area contributed by atoms with Crippen molar-refractivity contribution in [2.24, 2.45) is 0 Å². The number of amides is 1. The highest BCUT2D eigenvalue weighted by atomic mass is 19.4. The molecule has 1 aliphatic carbocycles. The molecule has 2 N–H and O–H groups in total. The Morgan fingerprint density at radius 1 is 0.920 bits per heavy atom. The third-order valence-electron chi connectivity index (χ3n) is 9.34. The second-order valence-corrected chi connectivity index (χ2v) is 12.8. The molecule has 0 spiro atoms. The van der Waals surface area contributed by atoms with Crippen LogP contribution in [0.15, 0.2) is 67.3 Å². The molecule has 4 heterocycles. The summed E-state index contributed by atoms with van der Waals surface area (Å²) in [6.07, 6.45) is 5.73. The summed E-state index contributed by atoms with van der Waals surface area (Å²) in [7, 11) is 1.50. The van der Waals surface area contributed by atoms with Crippen LogP contribution < -0.4 is 19.9 Å². The fraction of sp³-hybridized carbons (Fsp3) is 0.444. The molecule has 11 nitrogen and oxygen atoms in total. The van der Waals surface area contributed by atoms with Gasteiger partial charge in [-0.05, 0) is 69.1 Å². The van der Waals surface area contributed by atoms with Crippen LogP contribution in [0, 0.1) is 0 Å². The van der Waals surface area contributed by atoms with E-state index in [1.54, 1.807) is 28.4 Å². The van der Waals surface area contributed by atoms with E-state index in [1.807, 2.05) is 42.5 Å². The number of methoxy groups -OCH3 is 1. The fourth-order valence-electron chi connectivity index (χ4n) is 6.64. The van der Waals surface area contributed by atoms with E-state index in [0.717, 1.165) is 22.9 Å². The predicted octanol–water partition coefficient (Wildman–Crippen LogP) is 6.10. The summed E-state index contributed by atoms with van der Waals surface area (Å²) in [5.41, 5.74) is 1.75. The van der Waals surface area contributed by atoms with E-state index in [-0.39, 0.29) is 42.3 Å². The summed E-state index contributed by atoms with van der Waals surface area (Å²) >= 11 is 0. The number of hydrogen-bond acceptors (Lipinski definition) is 10. The smallest absolute Gasteiger partial charge is 0.421 e. The number of halogens is 3. The van der Waals surface area contributed by atoms with Crippen molar-refractivity contribution >= 4 is 23.5 Å². The van der Waals surface area contributed by atoms with Gasteiger partial charge in [0.05, 0.1) is 13.2 Å². The second-order valence-electron chi connectivity index (χ2n) is 12.8. The minimum absolute atomic E-state index is 0.0309. The van der Waals surface area contributed by atoms with Gasteiger partial charge in [0.25, 0.3) is 0 Å². The molecule has 1 atom stereocenters. The van der Waals surface area contributed by atoms with Gasteiger partial charge in [-0.1, -0.05) is 30.3 Å². The summed E-state index contributed by atoms with van der Waals surface area (Å²) in [5, 5.41) is 13.3. The molecule has 1 unspecified atom stereocenters. The van der Waals surface area contributed by atoms with Crippen molar-refractivity contribution < 1.29 is 27.8 Å². The maximum absolute atomic E-state index is 14.0. The molecule has 1 aliphatic heterocycles. The number of pyridine rings is 1. The highest BCUT2D eigenvalue weighted by Crippen LogP contribution is 2.37. The lowest BCUT2D eigenvalue weighted by Crippen LogP contribution is -2.45. The Balaban J connectivity index is 1.16. The maximum atomic E-state index is 14.0. The molecule has 50 heavy (non-hydrogen) atoms. The molecular formula is C36H41F3N8O3. The van der Waals surface area contributed by atoms with Gasteiger partial charge in [-0.25, -0.2) is 19.9 Å². The van der Waals surface area contributed by atoms with Crippen molar-refractivity contribution in [1.82, 2.24) is 24.9 Å². The number of aryl methyl sites for hydroxylation is 1. The van der Waals surface area contributed by atoms with Gasteiger partial charge in [0, 0.05) is 67.5 Å². The number of ether oxygens (including phenoxy) is 1. The average molecular weight is 691 g/mol. The Morgan fingerprint density at radius 2 is 1.66 bits per heavy atom. The fourth-order valence-corrected chi connectivity index (χ4v) is 6.64. The van der Waals surface area contributed by atoms with Gasteiger partial charge in [0.2, 0.25) is 11.9 Å². The highest BCUT2D eigenvalue weighted by molar-refractivity contribution is 5.93. The van der Waals surface area contributed by atoms with Gasteiger partial charge < -0.3 is 20.1 Å². The van der Waals surface area contributed by atoms with Gasteiger partial charge in [0.1, 0.15) is 17.2 Å². The largest absolute Gasteiger partial charge is 0.467 e. The first kappa shape index (κ1) is 35.0. The van der Waals surface area contributed by atoms with E-state index in [0.29, 0.717) is 70.2 Å². The van der Waals surface area contributed by atoms with Crippen LogP contribution in [0.3, 0.4) is 0 Å². The third kappa shape index (κ3) is 8.65. The number of aliphatic hydroxyl groups is 1. The summed E-state index contributed by atoms with van der Waals surface area (Å²) in [5.74, 6) is 0.494. The molecule has 2 fully saturated rings. The molecule has 1 saturated heterocycles. The summed E-state index contributed by atoms with van der Waals surface area (Å²) in [4.78, 5) is 38.7. The number of alkyl halides is 3. The number of anilines is 3. The molecule has 1 saturated carbocycles. The van der Waals surface area contributed by atoms with Crippen molar-refractivity contribution in [3.63, 3.8) is 0 Å². The molecule has 264 valence electrons. The number of carbonyl (C=O) groups is 1. The van der Waals surface area contributed by atoms with Crippen molar-refractivity contribution in [2.45, 2.75) is 82.2 Å². The van der Waals surface area contributed by atoms with E-state index >= 15 is 0 Å². The van der Waals surface area contributed by atoms with Crippen LogP contribution in [0.2, 0.25) is 0 Å². The number of nitrogens with zero attached hydrogens (tertiary/aromatic N) is 7. The van der Waals surface area contributed by atoms with Gasteiger partial charge >= 0.3 is 12.2 Å². The lowest BCUT2D eigenvalue weighted by Gasteiger charge is -2.37. The van der Waals surface area contributed by atoms with Crippen molar-refractivity contribution in [1.29, 1.82) is 0 Å². The maximum Gasteiger partial charge on any atom is 0.421 e. The number of benzene rings is 1. The SMILES string of the molecule is COc1ncc(-c2ccc(N(C(=O)CCc3ccccc3)[C@H]3CC[C@H](Nc4ncc(C(F)(F)F)c(N5CCCC(O)CC5)n4)CC3)nc2)cn1. The van der Waals surface area contributed by atoms with Crippen molar-refractivity contribution in [3.05, 3.63) is 78.4 Å². The normalized spacial score (nSPS) is 19.8. The molecule has 6 rings (SSSR count). The molecule has 1 aromatic carbocycles. The topological polar surface area (TPSA) is 129 Å². The number of aromatic nitrogens is 5. The van der Waals surface area contributed by atoms with Crippen LogP contribution in [0.4, 0.5) is 30.8 Å². The molecule has 3 aromatic heterocycles. The van der Waals surface area contributed by atoms with Gasteiger partial charge in [0.15, 0.2) is 0 Å². The summed E-state index contributed by atoms with van der Waals surface area (Å²) in [6.45, 7) is 0.654. The van der Waals surface area contributed by atoms with Gasteiger partial charge in [-0.2, -0.15) is 18.2 Å². The summed E-state index contributed by atoms with van der Waals surface area (Å²) in [6, 6.07) is 13.6. The number of carbonyl (C=O) groups excluding carboxylic acids is 1. The van der Waals surface area contributed by atoms with Crippen LogP contribution in [0.5, 0.6) is 6.01 Å². The van der Waals surface area contributed by atoms with E-state index in [9.17, 15) is 23.1 Å². The van der Waals surface area contributed by atoms with Gasteiger partial charge in [-0.3, -0.25) is 9.69 Å². The highest BCUT2D eigenvalue weighted by Gasteiger charge is 2.38. The van der Waals surface area contributed by atoms with E-state index in [4.69, 9.17) is 9.72 Å². The zero-order chi connectivity index (χ0) is 35.1. The van der Waals surface area contributed by atoms with Crippen LogP contribution in [0.25, 0.3) is 11.1 Å². The number of nitrogens with one attached hydrogen (secondary N) is 1. The quantitative estimate of drug-likeness (QED) is 0.202. The molecular weight excluding hydrogens is 649 g/mol. The zero-order valence-electron chi connectivity index (χ0n) is 27.9. The van der Waals surface area contributed by atoms with Crippen LogP contribution >= 0.6 is 0 Å². The Bertz CT molecular complexity index is 1700. The lowest BCUT2D eigenvalue weighted by molar-refractivity contribution is -0.137. The number of hydrogen-bond donors (Lipinski definition) is 2. The minimum atomic E-state index is -4.61. The first-order chi connectivity index (χ1) is 24.2. The monoisotopic (exact) mass is 690 g/mol. The third-order valence-corrected chi connectivity index (χ3v) is 9.34. The first-order valence-corrected chi connectivity index (χ1v) is 17.0. The Hall–Kier alpha value is -4.85. The van der Waals surface area contributed by atoms with Crippen LogP contribution in [0.1, 0.15) is 62.5 Å². The Labute approximate surface area is 289 Å². The molecule has 14 heteroatoms. The van der Waals surface area contributed by atoms with E-state index < -0.39 is 17.8 Å². The van der Waals surface area contributed by atoms with Crippen molar-refractivity contribution in [3.8, 4) is 17.1 Å². The van der Waals surface area contributed by atoms with Crippen LogP contribution in [-0.2, 0) is 17.4 Å². The Morgan fingerprint density at radius 3 is 2.34 bits per heavy atom. The van der Waals surface area contributed by atoms with Crippen molar-refractivity contribution in [2.75, 3.05) is 35.3 Å². The number of rotatable bonds is 10. The van der Waals surface area contributed by atoms with Gasteiger partial charge in [-0.15, -0.1) is 0 Å². The molecule has 4 aromatic rings. The molecule has 0 bridgehead atoms. The predicted molar refractivity (Wildman–Crippen MR) is 183 cm³/mol. The number of aliphatic hydroxyl groups excluding tert-OH is 1. The lowest BCUT2D eigenvalue weighted by atomic mass is 9.89.